The highest BCUT2D eigenvalue weighted by molar-refractivity contribution is 6.35. The Morgan fingerprint density at radius 2 is 1.70 bits per heavy atom. The molecule has 0 saturated carbocycles. The van der Waals surface area contributed by atoms with E-state index in [1.165, 1.54) is 0 Å². The Morgan fingerprint density at radius 1 is 1.05 bits per heavy atom. The van der Waals surface area contributed by atoms with Crippen molar-refractivity contribution in [1.29, 1.82) is 0 Å². The molecule has 0 heterocycles. The zero-order valence-electron chi connectivity index (χ0n) is 10.8. The molecule has 0 fully saturated rings. The van der Waals surface area contributed by atoms with Gasteiger partial charge in [-0.05, 0) is 42.0 Å². The molecule has 0 aliphatic heterocycles. The Kier molecular flexibility index (Phi) is 5.27. The van der Waals surface area contributed by atoms with E-state index in [-0.39, 0.29) is 6.61 Å². The number of ether oxygens (including phenoxy) is 1. The van der Waals surface area contributed by atoms with Gasteiger partial charge in [-0.3, -0.25) is 0 Å². The summed E-state index contributed by atoms with van der Waals surface area (Å²) in [5.41, 5.74) is 1.64. The minimum atomic E-state index is 0.227. The Morgan fingerprint density at radius 3 is 2.30 bits per heavy atom. The van der Waals surface area contributed by atoms with E-state index in [9.17, 15) is 0 Å². The molecule has 0 saturated heterocycles. The topological polar surface area (TPSA) is 30.8 Å². The van der Waals surface area contributed by atoms with Crippen molar-refractivity contribution in [2.75, 3.05) is 7.11 Å². The summed E-state index contributed by atoms with van der Waals surface area (Å²) in [5, 5.41) is 5.03. The zero-order valence-corrected chi connectivity index (χ0v) is 12.4. The Bertz CT molecular complexity index is 577. The van der Waals surface area contributed by atoms with Gasteiger partial charge in [-0.1, -0.05) is 34.4 Å². The van der Waals surface area contributed by atoms with Crippen LogP contribution < -0.4 is 4.74 Å². The van der Waals surface area contributed by atoms with Crippen LogP contribution in [0.2, 0.25) is 10.0 Å². The van der Waals surface area contributed by atoms with Gasteiger partial charge in [0, 0.05) is 15.6 Å². The van der Waals surface area contributed by atoms with E-state index in [2.05, 4.69) is 5.16 Å². The van der Waals surface area contributed by atoms with Gasteiger partial charge in [-0.15, -0.1) is 0 Å². The van der Waals surface area contributed by atoms with E-state index in [0.717, 1.165) is 16.9 Å². The fourth-order valence-electron chi connectivity index (χ4n) is 1.56. The summed E-state index contributed by atoms with van der Waals surface area (Å²) in [6.45, 7) is 0.227. The van der Waals surface area contributed by atoms with E-state index in [4.69, 9.17) is 32.8 Å². The third-order valence-electron chi connectivity index (χ3n) is 2.66. The molecule has 0 radical (unpaired) electrons. The quantitative estimate of drug-likeness (QED) is 0.599. The van der Waals surface area contributed by atoms with Crippen molar-refractivity contribution in [2.45, 2.75) is 6.61 Å². The molecule has 2 rings (SSSR count). The van der Waals surface area contributed by atoms with Gasteiger partial charge in [-0.2, -0.15) is 0 Å². The molecule has 0 bridgehead atoms. The third kappa shape index (κ3) is 3.89. The highest BCUT2D eigenvalue weighted by Crippen LogP contribution is 2.24. The summed E-state index contributed by atoms with van der Waals surface area (Å²) in [4.78, 5) is 5.21. The number of hydrogen-bond acceptors (Lipinski definition) is 3. The second-order valence-corrected chi connectivity index (χ2v) is 4.80. The van der Waals surface area contributed by atoms with Gasteiger partial charge in [0.1, 0.15) is 12.4 Å². The van der Waals surface area contributed by atoms with Crippen LogP contribution in [0.25, 0.3) is 0 Å². The molecule has 0 atom stereocenters. The normalized spacial score (nSPS) is 10.8. The monoisotopic (exact) mass is 309 g/mol. The van der Waals surface area contributed by atoms with E-state index in [1.54, 1.807) is 31.5 Å². The predicted octanol–water partition coefficient (Wildman–Crippen LogP) is 4.55. The van der Waals surface area contributed by atoms with Crippen LogP contribution in [0.4, 0.5) is 0 Å². The van der Waals surface area contributed by atoms with Crippen molar-refractivity contribution in [3.05, 3.63) is 63.6 Å². The number of benzene rings is 2. The van der Waals surface area contributed by atoms with Crippen LogP contribution in [-0.2, 0) is 11.4 Å². The van der Waals surface area contributed by atoms with Gasteiger partial charge in [0.2, 0.25) is 0 Å². The van der Waals surface area contributed by atoms with Gasteiger partial charge in [0.25, 0.3) is 0 Å². The average molecular weight is 310 g/mol. The molecule has 20 heavy (non-hydrogen) atoms. The fraction of sp³-hybridized carbons (Fsp3) is 0.133. The van der Waals surface area contributed by atoms with Crippen molar-refractivity contribution >= 4 is 29.4 Å². The van der Waals surface area contributed by atoms with Gasteiger partial charge in [0.05, 0.1) is 13.3 Å². The molecule has 2 aromatic carbocycles. The maximum absolute atomic E-state index is 6.03. The molecule has 0 aliphatic rings. The molecule has 0 amide bonds. The smallest absolute Gasteiger partial charge is 0.145 e. The summed E-state index contributed by atoms with van der Waals surface area (Å²) < 4.78 is 5.07. The first kappa shape index (κ1) is 14.7. The maximum Gasteiger partial charge on any atom is 0.145 e. The Hall–Kier alpha value is -1.71. The van der Waals surface area contributed by atoms with Crippen molar-refractivity contribution in [1.82, 2.24) is 0 Å². The molecule has 2 aromatic rings. The Balaban J connectivity index is 1.93. The van der Waals surface area contributed by atoms with Crippen molar-refractivity contribution in [3.8, 4) is 5.75 Å². The predicted molar refractivity (Wildman–Crippen MR) is 81.8 cm³/mol. The van der Waals surface area contributed by atoms with Crippen LogP contribution in [-0.4, -0.2) is 13.3 Å². The van der Waals surface area contributed by atoms with Gasteiger partial charge < -0.3 is 9.57 Å². The average Bonchev–Trinajstić information content (AvgIpc) is 2.46. The van der Waals surface area contributed by atoms with Gasteiger partial charge in [0.15, 0.2) is 0 Å². The van der Waals surface area contributed by atoms with E-state index in [0.29, 0.717) is 10.0 Å². The molecule has 0 spiro atoms. The first-order valence-electron chi connectivity index (χ1n) is 5.93. The molecule has 0 N–H and O–H groups in total. The van der Waals surface area contributed by atoms with Gasteiger partial charge in [-0.25, -0.2) is 0 Å². The van der Waals surface area contributed by atoms with Crippen molar-refractivity contribution in [3.63, 3.8) is 0 Å². The summed E-state index contributed by atoms with van der Waals surface area (Å²) in [6, 6.07) is 12.8. The molecular formula is C15H13Cl2NO2. The molecule has 3 nitrogen and oxygen atoms in total. The fourth-order valence-corrected chi connectivity index (χ4v) is 2.07. The standard InChI is InChI=1S/C15H13Cl2NO2/c1-19-12-7-5-11(6-8-12)9-18-20-10-13-14(16)3-2-4-15(13)17/h2-9H,10H2,1H3. The number of oxime groups is 1. The van der Waals surface area contributed by atoms with Crippen LogP contribution in [0.5, 0.6) is 5.75 Å². The van der Waals surface area contributed by atoms with Crippen molar-refractivity contribution in [2.24, 2.45) is 5.16 Å². The lowest BCUT2D eigenvalue weighted by Crippen LogP contribution is -1.91. The molecule has 0 aromatic heterocycles. The molecule has 0 aliphatic carbocycles. The first-order valence-corrected chi connectivity index (χ1v) is 6.68. The molecular weight excluding hydrogens is 297 g/mol. The highest BCUT2D eigenvalue weighted by atomic mass is 35.5. The second kappa shape index (κ2) is 7.17. The lowest BCUT2D eigenvalue weighted by atomic mass is 10.2. The number of methoxy groups -OCH3 is 1. The van der Waals surface area contributed by atoms with E-state index < -0.39 is 0 Å². The minimum absolute atomic E-state index is 0.227. The molecule has 5 heteroatoms. The van der Waals surface area contributed by atoms with Crippen LogP contribution in [0.1, 0.15) is 11.1 Å². The highest BCUT2D eigenvalue weighted by Gasteiger charge is 2.05. The van der Waals surface area contributed by atoms with E-state index in [1.807, 2.05) is 24.3 Å². The van der Waals surface area contributed by atoms with Crippen LogP contribution in [0, 0.1) is 0 Å². The van der Waals surface area contributed by atoms with Crippen LogP contribution >= 0.6 is 23.2 Å². The minimum Gasteiger partial charge on any atom is -0.497 e. The number of rotatable bonds is 5. The SMILES string of the molecule is COc1ccc(C=NOCc2c(Cl)cccc2Cl)cc1. The second-order valence-electron chi connectivity index (χ2n) is 3.98. The van der Waals surface area contributed by atoms with Crippen LogP contribution in [0.15, 0.2) is 47.6 Å². The number of halogens is 2. The first-order chi connectivity index (χ1) is 9.70. The Labute approximate surface area is 127 Å². The summed E-state index contributed by atoms with van der Waals surface area (Å²) in [7, 11) is 1.62. The van der Waals surface area contributed by atoms with E-state index >= 15 is 0 Å². The van der Waals surface area contributed by atoms with Gasteiger partial charge >= 0.3 is 0 Å². The number of hydrogen-bond donors (Lipinski definition) is 0. The summed E-state index contributed by atoms with van der Waals surface area (Å²) in [6.07, 6.45) is 1.62. The van der Waals surface area contributed by atoms with Crippen LogP contribution in [0.3, 0.4) is 0 Å². The summed E-state index contributed by atoms with van der Waals surface area (Å²) >= 11 is 12.1. The zero-order chi connectivity index (χ0) is 14.4. The lowest BCUT2D eigenvalue weighted by molar-refractivity contribution is 0.132. The number of nitrogens with zero attached hydrogens (tertiary/aromatic N) is 1. The summed E-state index contributed by atoms with van der Waals surface area (Å²) in [5.74, 6) is 0.797. The molecule has 0 unspecified atom stereocenters. The maximum atomic E-state index is 6.03. The lowest BCUT2D eigenvalue weighted by Gasteiger charge is -2.04. The third-order valence-corrected chi connectivity index (χ3v) is 3.37. The van der Waals surface area contributed by atoms with Crippen molar-refractivity contribution < 1.29 is 9.57 Å². The largest absolute Gasteiger partial charge is 0.497 e. The molecule has 104 valence electrons.